The highest BCUT2D eigenvalue weighted by molar-refractivity contribution is 5.76. The molecule has 1 unspecified atom stereocenters. The van der Waals surface area contributed by atoms with Crippen LogP contribution in [0.3, 0.4) is 0 Å². The molecule has 0 bridgehead atoms. The Hall–Kier alpha value is -1.84. The number of rotatable bonds is 6. The maximum atomic E-state index is 14.0. The Balaban J connectivity index is 2.44. The molecule has 0 radical (unpaired) electrons. The summed E-state index contributed by atoms with van der Waals surface area (Å²) in [6.45, 7) is 4.25. The Labute approximate surface area is 119 Å². The summed E-state index contributed by atoms with van der Waals surface area (Å²) in [6, 6.07) is 6.60. The molecule has 1 heterocycles. The first kappa shape index (κ1) is 14.6. The molecule has 0 amide bonds. The Kier molecular flexibility index (Phi) is 4.77. The quantitative estimate of drug-likeness (QED) is 0.828. The predicted molar refractivity (Wildman–Crippen MR) is 78.9 cm³/mol. The van der Waals surface area contributed by atoms with Crippen molar-refractivity contribution in [1.29, 1.82) is 0 Å². The van der Waals surface area contributed by atoms with Gasteiger partial charge in [-0.3, -0.25) is 0 Å². The van der Waals surface area contributed by atoms with Gasteiger partial charge in [-0.25, -0.2) is 4.39 Å². The van der Waals surface area contributed by atoms with Gasteiger partial charge in [-0.2, -0.15) is 0 Å². The highest BCUT2D eigenvalue weighted by Gasteiger charge is 2.24. The van der Waals surface area contributed by atoms with Crippen LogP contribution in [0.15, 0.2) is 28.8 Å². The van der Waals surface area contributed by atoms with Crippen LogP contribution in [0.5, 0.6) is 0 Å². The highest BCUT2D eigenvalue weighted by atomic mass is 19.1. The van der Waals surface area contributed by atoms with E-state index in [0.29, 0.717) is 16.9 Å². The molecule has 2 N–H and O–H groups in total. The van der Waals surface area contributed by atoms with Crippen molar-refractivity contribution in [2.75, 3.05) is 5.73 Å². The third-order valence-corrected chi connectivity index (χ3v) is 3.66. The maximum Gasteiger partial charge on any atom is 0.175 e. The van der Waals surface area contributed by atoms with E-state index in [2.05, 4.69) is 19.0 Å². The van der Waals surface area contributed by atoms with E-state index in [9.17, 15) is 4.39 Å². The van der Waals surface area contributed by atoms with Crippen LogP contribution in [0.25, 0.3) is 11.1 Å². The summed E-state index contributed by atoms with van der Waals surface area (Å²) >= 11 is 0. The van der Waals surface area contributed by atoms with Gasteiger partial charge in [-0.1, -0.05) is 50.0 Å². The number of nitrogen functional groups attached to an aromatic ring is 1. The summed E-state index contributed by atoms with van der Waals surface area (Å²) in [5.41, 5.74) is 6.98. The first-order chi connectivity index (χ1) is 9.69. The molecule has 1 aromatic heterocycles. The summed E-state index contributed by atoms with van der Waals surface area (Å²) in [5, 5.41) is 3.85. The van der Waals surface area contributed by atoms with Crippen molar-refractivity contribution in [2.45, 2.75) is 45.4 Å². The summed E-state index contributed by atoms with van der Waals surface area (Å²) in [7, 11) is 0. The number of nitrogens with two attached hydrogens (primary N) is 1. The van der Waals surface area contributed by atoms with E-state index in [-0.39, 0.29) is 17.6 Å². The molecule has 1 atom stereocenters. The van der Waals surface area contributed by atoms with Crippen molar-refractivity contribution in [3.8, 4) is 11.1 Å². The number of nitrogens with zero attached hydrogens (tertiary/aromatic N) is 1. The van der Waals surface area contributed by atoms with Gasteiger partial charge in [0.1, 0.15) is 11.6 Å². The number of anilines is 1. The molecule has 0 aliphatic rings. The largest absolute Gasteiger partial charge is 0.380 e. The molecule has 3 nitrogen and oxygen atoms in total. The van der Waals surface area contributed by atoms with Crippen LogP contribution < -0.4 is 5.73 Å². The fourth-order valence-electron chi connectivity index (χ4n) is 2.50. The van der Waals surface area contributed by atoms with Crippen LogP contribution in [0.1, 0.15) is 51.2 Å². The second kappa shape index (κ2) is 6.55. The molecule has 4 heteroatoms. The molecule has 0 aliphatic heterocycles. The maximum absolute atomic E-state index is 14.0. The summed E-state index contributed by atoms with van der Waals surface area (Å²) < 4.78 is 19.4. The van der Waals surface area contributed by atoms with Crippen LogP contribution in [-0.4, -0.2) is 5.16 Å². The SMILES string of the molecule is CCCCC(CC)c1onc(N)c1-c1ccccc1F. The Morgan fingerprint density at radius 1 is 1.30 bits per heavy atom. The van der Waals surface area contributed by atoms with Gasteiger partial charge in [-0.05, 0) is 18.9 Å². The van der Waals surface area contributed by atoms with Crippen molar-refractivity contribution >= 4 is 5.82 Å². The lowest BCUT2D eigenvalue weighted by Gasteiger charge is -2.13. The number of hydrogen-bond acceptors (Lipinski definition) is 3. The highest BCUT2D eigenvalue weighted by Crippen LogP contribution is 2.38. The van der Waals surface area contributed by atoms with Gasteiger partial charge in [0.05, 0.1) is 5.56 Å². The van der Waals surface area contributed by atoms with E-state index in [1.54, 1.807) is 18.2 Å². The van der Waals surface area contributed by atoms with Gasteiger partial charge < -0.3 is 10.3 Å². The summed E-state index contributed by atoms with van der Waals surface area (Å²) in [4.78, 5) is 0. The second-order valence-corrected chi connectivity index (χ2v) is 5.03. The predicted octanol–water partition coefficient (Wildman–Crippen LogP) is 4.75. The Morgan fingerprint density at radius 2 is 2.05 bits per heavy atom. The fourth-order valence-corrected chi connectivity index (χ4v) is 2.50. The molecular weight excluding hydrogens is 255 g/mol. The zero-order valence-corrected chi connectivity index (χ0v) is 12.0. The molecular formula is C16H21FN2O. The first-order valence-electron chi connectivity index (χ1n) is 7.18. The first-order valence-corrected chi connectivity index (χ1v) is 7.18. The van der Waals surface area contributed by atoms with Gasteiger partial charge in [0, 0.05) is 11.5 Å². The van der Waals surface area contributed by atoms with E-state index in [4.69, 9.17) is 10.3 Å². The zero-order chi connectivity index (χ0) is 14.5. The lowest BCUT2D eigenvalue weighted by Crippen LogP contribution is -2.00. The fraction of sp³-hybridized carbons (Fsp3) is 0.438. The van der Waals surface area contributed by atoms with Crippen molar-refractivity contribution in [1.82, 2.24) is 5.16 Å². The summed E-state index contributed by atoms with van der Waals surface area (Å²) in [6.07, 6.45) is 4.16. The number of unbranched alkanes of at least 4 members (excludes halogenated alkanes) is 1. The Morgan fingerprint density at radius 3 is 2.70 bits per heavy atom. The van der Waals surface area contributed by atoms with Crippen LogP contribution >= 0.6 is 0 Å². The van der Waals surface area contributed by atoms with Crippen LogP contribution in [0.2, 0.25) is 0 Å². The van der Waals surface area contributed by atoms with Crippen LogP contribution in [0.4, 0.5) is 10.2 Å². The average molecular weight is 276 g/mol. The minimum absolute atomic E-state index is 0.231. The number of hydrogen-bond donors (Lipinski definition) is 1. The average Bonchev–Trinajstić information content (AvgIpc) is 2.82. The van der Waals surface area contributed by atoms with Crippen molar-refractivity contribution < 1.29 is 8.91 Å². The van der Waals surface area contributed by atoms with Gasteiger partial charge in [-0.15, -0.1) is 0 Å². The third-order valence-electron chi connectivity index (χ3n) is 3.66. The van der Waals surface area contributed by atoms with E-state index in [1.807, 2.05) is 0 Å². The van der Waals surface area contributed by atoms with Crippen molar-refractivity contribution in [3.63, 3.8) is 0 Å². The standard InChI is InChI=1S/C16H21FN2O/c1-3-5-8-11(4-2)15-14(16(18)19-20-15)12-9-6-7-10-13(12)17/h6-7,9-11H,3-5,8H2,1-2H3,(H2,18,19). The lowest BCUT2D eigenvalue weighted by molar-refractivity contribution is 0.349. The molecule has 108 valence electrons. The third kappa shape index (κ3) is 2.84. The van der Waals surface area contributed by atoms with Crippen molar-refractivity contribution in [3.05, 3.63) is 35.8 Å². The number of benzene rings is 1. The van der Waals surface area contributed by atoms with Gasteiger partial charge >= 0.3 is 0 Å². The van der Waals surface area contributed by atoms with E-state index < -0.39 is 0 Å². The molecule has 0 spiro atoms. The van der Waals surface area contributed by atoms with Gasteiger partial charge in [0.25, 0.3) is 0 Å². The molecule has 1 aromatic carbocycles. The lowest BCUT2D eigenvalue weighted by atomic mass is 9.91. The second-order valence-electron chi connectivity index (χ2n) is 5.03. The normalized spacial score (nSPS) is 12.6. The van der Waals surface area contributed by atoms with Crippen LogP contribution in [0, 0.1) is 5.82 Å². The summed E-state index contributed by atoms with van der Waals surface area (Å²) in [5.74, 6) is 0.909. The molecule has 2 rings (SSSR count). The van der Waals surface area contributed by atoms with Crippen LogP contribution in [-0.2, 0) is 0 Å². The zero-order valence-electron chi connectivity index (χ0n) is 12.0. The van der Waals surface area contributed by atoms with Crippen molar-refractivity contribution in [2.24, 2.45) is 0 Å². The smallest absolute Gasteiger partial charge is 0.175 e. The molecule has 0 fully saturated rings. The minimum atomic E-state index is -0.297. The van der Waals surface area contributed by atoms with E-state index >= 15 is 0 Å². The number of aromatic nitrogens is 1. The molecule has 2 aromatic rings. The van der Waals surface area contributed by atoms with E-state index in [1.165, 1.54) is 6.07 Å². The number of halogens is 1. The monoisotopic (exact) mass is 276 g/mol. The topological polar surface area (TPSA) is 52.0 Å². The van der Waals surface area contributed by atoms with E-state index in [0.717, 1.165) is 25.7 Å². The van der Waals surface area contributed by atoms with Gasteiger partial charge in [0.2, 0.25) is 0 Å². The molecule has 0 saturated heterocycles. The Bertz CT molecular complexity index is 565. The minimum Gasteiger partial charge on any atom is -0.380 e. The molecule has 20 heavy (non-hydrogen) atoms. The van der Waals surface area contributed by atoms with Gasteiger partial charge in [0.15, 0.2) is 5.82 Å². The molecule has 0 aliphatic carbocycles. The molecule has 0 saturated carbocycles.